The molecular formula is C12H13FN2O3. The fourth-order valence-corrected chi connectivity index (χ4v) is 2.14. The van der Waals surface area contributed by atoms with Crippen molar-refractivity contribution in [1.29, 1.82) is 0 Å². The minimum absolute atomic E-state index is 0.0439. The van der Waals surface area contributed by atoms with Gasteiger partial charge in [0.1, 0.15) is 6.29 Å². The lowest BCUT2D eigenvalue weighted by atomic mass is 9.98. The van der Waals surface area contributed by atoms with Crippen LogP contribution in [0.1, 0.15) is 12.8 Å². The van der Waals surface area contributed by atoms with Gasteiger partial charge in [-0.15, -0.1) is 0 Å². The number of nitro groups is 1. The lowest BCUT2D eigenvalue weighted by Gasteiger charge is -2.31. The van der Waals surface area contributed by atoms with Gasteiger partial charge in [0.05, 0.1) is 16.7 Å². The van der Waals surface area contributed by atoms with Crippen molar-refractivity contribution in [2.24, 2.45) is 5.92 Å². The van der Waals surface area contributed by atoms with Crippen LogP contribution in [0.3, 0.4) is 0 Å². The first kappa shape index (κ1) is 12.5. The van der Waals surface area contributed by atoms with Gasteiger partial charge in [0.25, 0.3) is 5.69 Å². The van der Waals surface area contributed by atoms with Gasteiger partial charge in [-0.2, -0.15) is 0 Å². The molecule has 0 spiro atoms. The van der Waals surface area contributed by atoms with E-state index in [0.29, 0.717) is 31.6 Å². The third-order valence-electron chi connectivity index (χ3n) is 3.21. The molecule has 0 aromatic heterocycles. The minimum Gasteiger partial charge on any atom is -0.369 e. The van der Waals surface area contributed by atoms with E-state index in [4.69, 9.17) is 0 Å². The van der Waals surface area contributed by atoms with E-state index < -0.39 is 10.7 Å². The number of hydrogen-bond acceptors (Lipinski definition) is 4. The molecule has 6 heteroatoms. The van der Waals surface area contributed by atoms with Gasteiger partial charge in [-0.3, -0.25) is 10.1 Å². The summed E-state index contributed by atoms with van der Waals surface area (Å²) in [6.45, 7) is 1.19. The maximum Gasteiger partial charge on any atom is 0.272 e. The third-order valence-corrected chi connectivity index (χ3v) is 3.21. The summed E-state index contributed by atoms with van der Waals surface area (Å²) in [6, 6.07) is 3.65. The highest BCUT2D eigenvalue weighted by Gasteiger charge is 2.21. The molecule has 1 heterocycles. The Kier molecular flexibility index (Phi) is 3.55. The molecule has 0 radical (unpaired) electrons. The molecule has 0 unspecified atom stereocenters. The Balaban J connectivity index is 2.14. The number of nitro benzene ring substituents is 1. The van der Waals surface area contributed by atoms with Crippen LogP contribution in [-0.2, 0) is 4.79 Å². The second-order valence-electron chi connectivity index (χ2n) is 4.35. The number of anilines is 1. The smallest absolute Gasteiger partial charge is 0.272 e. The monoisotopic (exact) mass is 252 g/mol. The normalized spacial score (nSPS) is 16.6. The molecule has 0 N–H and O–H groups in total. The quantitative estimate of drug-likeness (QED) is 0.469. The van der Waals surface area contributed by atoms with Crippen molar-refractivity contribution < 1.29 is 14.1 Å². The van der Waals surface area contributed by atoms with E-state index in [2.05, 4.69) is 0 Å². The Morgan fingerprint density at radius 2 is 2.06 bits per heavy atom. The van der Waals surface area contributed by atoms with Crippen LogP contribution in [-0.4, -0.2) is 24.3 Å². The van der Waals surface area contributed by atoms with E-state index in [1.807, 2.05) is 4.90 Å². The summed E-state index contributed by atoms with van der Waals surface area (Å²) in [5.74, 6) is -0.545. The number of hydrogen-bond donors (Lipinski definition) is 0. The SMILES string of the molecule is O=CC1CCN(c2ccc([N+](=O)[O-])cc2F)CC1. The van der Waals surface area contributed by atoms with Gasteiger partial charge in [0.15, 0.2) is 5.82 Å². The van der Waals surface area contributed by atoms with E-state index in [9.17, 15) is 19.3 Å². The van der Waals surface area contributed by atoms with Crippen LogP contribution in [0.25, 0.3) is 0 Å². The van der Waals surface area contributed by atoms with Crippen molar-refractivity contribution in [2.75, 3.05) is 18.0 Å². The van der Waals surface area contributed by atoms with Crippen LogP contribution in [0.5, 0.6) is 0 Å². The molecule has 1 saturated heterocycles. The fourth-order valence-electron chi connectivity index (χ4n) is 2.14. The molecular weight excluding hydrogens is 239 g/mol. The molecule has 0 aliphatic carbocycles. The molecule has 96 valence electrons. The highest BCUT2D eigenvalue weighted by molar-refractivity contribution is 5.56. The second kappa shape index (κ2) is 5.12. The number of benzene rings is 1. The lowest BCUT2D eigenvalue weighted by molar-refractivity contribution is -0.385. The molecule has 0 amide bonds. The Labute approximate surface area is 103 Å². The molecule has 0 saturated carbocycles. The standard InChI is InChI=1S/C12H13FN2O3/c13-11-7-10(15(17)18)1-2-12(11)14-5-3-9(8-16)4-6-14/h1-2,7-9H,3-6H2. The van der Waals surface area contributed by atoms with Gasteiger partial charge < -0.3 is 9.69 Å². The van der Waals surface area contributed by atoms with Crippen LogP contribution < -0.4 is 4.90 Å². The molecule has 0 bridgehead atoms. The highest BCUT2D eigenvalue weighted by Crippen LogP contribution is 2.27. The molecule has 5 nitrogen and oxygen atoms in total. The third kappa shape index (κ3) is 2.47. The van der Waals surface area contributed by atoms with Gasteiger partial charge in [-0.05, 0) is 18.9 Å². The number of non-ortho nitro benzene ring substituents is 1. The summed E-state index contributed by atoms with van der Waals surface area (Å²) in [7, 11) is 0. The number of piperidine rings is 1. The summed E-state index contributed by atoms with van der Waals surface area (Å²) in [4.78, 5) is 22.3. The number of carbonyl (C=O) groups is 1. The van der Waals surface area contributed by atoms with Gasteiger partial charge in [0.2, 0.25) is 0 Å². The van der Waals surface area contributed by atoms with Crippen molar-refractivity contribution in [2.45, 2.75) is 12.8 Å². The van der Waals surface area contributed by atoms with E-state index >= 15 is 0 Å². The Bertz CT molecular complexity index is 470. The number of aldehydes is 1. The van der Waals surface area contributed by atoms with E-state index in [-0.39, 0.29) is 11.6 Å². The number of halogens is 1. The first-order valence-electron chi connectivity index (χ1n) is 5.76. The van der Waals surface area contributed by atoms with Crippen molar-refractivity contribution in [3.8, 4) is 0 Å². The van der Waals surface area contributed by atoms with Gasteiger partial charge in [0, 0.05) is 25.1 Å². The largest absolute Gasteiger partial charge is 0.369 e. The van der Waals surface area contributed by atoms with Crippen LogP contribution in [0.15, 0.2) is 18.2 Å². The average Bonchev–Trinajstić information content (AvgIpc) is 2.38. The van der Waals surface area contributed by atoms with Crippen LogP contribution in [0.2, 0.25) is 0 Å². The Hall–Kier alpha value is -1.98. The van der Waals surface area contributed by atoms with Gasteiger partial charge in [-0.1, -0.05) is 0 Å². The summed E-state index contributed by atoms with van der Waals surface area (Å²) >= 11 is 0. The van der Waals surface area contributed by atoms with Crippen molar-refractivity contribution >= 4 is 17.7 Å². The second-order valence-corrected chi connectivity index (χ2v) is 4.35. The maximum atomic E-state index is 13.8. The zero-order valence-electron chi connectivity index (χ0n) is 9.71. The van der Waals surface area contributed by atoms with E-state index in [1.54, 1.807) is 0 Å². The van der Waals surface area contributed by atoms with E-state index in [1.165, 1.54) is 12.1 Å². The lowest BCUT2D eigenvalue weighted by Crippen LogP contribution is -2.34. The predicted molar refractivity (Wildman–Crippen MR) is 64.1 cm³/mol. The van der Waals surface area contributed by atoms with Crippen molar-refractivity contribution in [1.82, 2.24) is 0 Å². The average molecular weight is 252 g/mol. The Morgan fingerprint density at radius 1 is 1.39 bits per heavy atom. The summed E-state index contributed by atoms with van der Waals surface area (Å²) in [6.07, 6.45) is 2.32. The predicted octanol–water partition coefficient (Wildman–Crippen LogP) is 2.15. The van der Waals surface area contributed by atoms with Crippen LogP contribution in [0.4, 0.5) is 15.8 Å². The highest BCUT2D eigenvalue weighted by atomic mass is 19.1. The fraction of sp³-hybridized carbons (Fsp3) is 0.417. The number of carbonyl (C=O) groups excluding carboxylic acids is 1. The summed E-state index contributed by atoms with van der Waals surface area (Å²) < 4.78 is 13.8. The van der Waals surface area contributed by atoms with Gasteiger partial charge >= 0.3 is 0 Å². The number of nitrogens with zero attached hydrogens (tertiary/aromatic N) is 2. The molecule has 18 heavy (non-hydrogen) atoms. The summed E-state index contributed by atoms with van der Waals surface area (Å²) in [5, 5.41) is 10.5. The zero-order valence-corrected chi connectivity index (χ0v) is 9.71. The maximum absolute atomic E-state index is 13.8. The molecule has 1 aromatic rings. The van der Waals surface area contributed by atoms with E-state index in [0.717, 1.165) is 12.4 Å². The van der Waals surface area contributed by atoms with Crippen molar-refractivity contribution in [3.63, 3.8) is 0 Å². The molecule has 0 atom stereocenters. The van der Waals surface area contributed by atoms with Crippen LogP contribution >= 0.6 is 0 Å². The first-order valence-corrected chi connectivity index (χ1v) is 5.76. The number of rotatable bonds is 3. The molecule has 1 aliphatic rings. The molecule has 1 aromatic carbocycles. The first-order chi connectivity index (χ1) is 8.61. The zero-order chi connectivity index (χ0) is 13.1. The molecule has 1 fully saturated rings. The molecule has 1 aliphatic heterocycles. The molecule has 2 rings (SSSR count). The summed E-state index contributed by atoms with van der Waals surface area (Å²) in [5.41, 5.74) is 0.115. The minimum atomic E-state index is -0.620. The van der Waals surface area contributed by atoms with Crippen LogP contribution in [0, 0.1) is 21.8 Å². The Morgan fingerprint density at radius 3 is 2.56 bits per heavy atom. The van der Waals surface area contributed by atoms with Crippen molar-refractivity contribution in [3.05, 3.63) is 34.1 Å². The topological polar surface area (TPSA) is 63.5 Å². The van der Waals surface area contributed by atoms with Gasteiger partial charge in [-0.25, -0.2) is 4.39 Å².